The lowest BCUT2D eigenvalue weighted by Crippen LogP contribution is -2.31. The average molecular weight is 342 g/mol. The molecule has 1 saturated heterocycles. The van der Waals surface area contributed by atoms with E-state index in [0.29, 0.717) is 19.0 Å². The highest BCUT2D eigenvalue weighted by molar-refractivity contribution is 7.99. The third-order valence-corrected chi connectivity index (χ3v) is 5.29. The molecule has 6 heteroatoms. The van der Waals surface area contributed by atoms with E-state index in [9.17, 15) is 14.7 Å². The monoisotopic (exact) mass is 342 g/mol. The van der Waals surface area contributed by atoms with Gasteiger partial charge in [-0.1, -0.05) is 18.2 Å². The quantitative estimate of drug-likeness (QED) is 0.846. The Labute approximate surface area is 144 Å². The minimum Gasteiger partial charge on any atom is -0.478 e. The summed E-state index contributed by atoms with van der Waals surface area (Å²) in [5.41, 5.74) is -0.00836. The van der Waals surface area contributed by atoms with E-state index in [1.807, 2.05) is 18.2 Å². The van der Waals surface area contributed by atoms with Crippen LogP contribution in [0.4, 0.5) is 0 Å². The molecule has 0 saturated carbocycles. The van der Waals surface area contributed by atoms with E-state index in [2.05, 4.69) is 17.1 Å². The number of thioether (sulfide) groups is 1. The molecule has 1 aromatic heterocycles. The van der Waals surface area contributed by atoms with Gasteiger partial charge in [0.1, 0.15) is 5.69 Å². The van der Waals surface area contributed by atoms with E-state index in [-0.39, 0.29) is 17.2 Å². The first-order valence-corrected chi connectivity index (χ1v) is 8.79. The summed E-state index contributed by atoms with van der Waals surface area (Å²) in [4.78, 5) is 30.8. The lowest BCUT2D eigenvalue weighted by atomic mass is 10.1. The Morgan fingerprint density at radius 3 is 2.75 bits per heavy atom. The number of aromatic carboxylic acids is 1. The summed E-state index contributed by atoms with van der Waals surface area (Å²) in [6, 6.07) is 13.1. The van der Waals surface area contributed by atoms with Crippen LogP contribution in [0, 0.1) is 5.92 Å². The second kappa shape index (κ2) is 7.49. The molecule has 1 fully saturated rings. The second-order valence-corrected chi connectivity index (χ2v) is 6.83. The van der Waals surface area contributed by atoms with Crippen LogP contribution in [0.5, 0.6) is 0 Å². The maximum Gasteiger partial charge on any atom is 0.338 e. The van der Waals surface area contributed by atoms with E-state index in [1.54, 1.807) is 16.7 Å². The van der Waals surface area contributed by atoms with E-state index in [1.165, 1.54) is 23.2 Å². The van der Waals surface area contributed by atoms with E-state index >= 15 is 0 Å². The van der Waals surface area contributed by atoms with Gasteiger partial charge in [0, 0.05) is 29.9 Å². The molecule has 1 N–H and O–H groups in total. The molecule has 0 radical (unpaired) electrons. The van der Waals surface area contributed by atoms with Crippen LogP contribution in [0.3, 0.4) is 0 Å². The highest BCUT2D eigenvalue weighted by Gasteiger charge is 2.29. The fraction of sp³-hybridized carbons (Fsp3) is 0.278. The standard InChI is InChI=1S/C18H18N2O3S/c21-17(16-15(18(22)23)7-4-9-19-16)20-10-8-13(11-20)12-24-14-5-2-1-3-6-14/h1-7,9,13H,8,10-12H2,(H,22,23). The first-order chi connectivity index (χ1) is 11.6. The van der Waals surface area contributed by atoms with Crippen LogP contribution in [0.15, 0.2) is 53.6 Å². The van der Waals surface area contributed by atoms with Crippen LogP contribution in [-0.4, -0.2) is 45.7 Å². The Morgan fingerprint density at radius 1 is 1.21 bits per heavy atom. The fourth-order valence-electron chi connectivity index (χ4n) is 2.78. The van der Waals surface area contributed by atoms with Crippen LogP contribution in [0.1, 0.15) is 27.3 Å². The molecule has 0 bridgehead atoms. The summed E-state index contributed by atoms with van der Waals surface area (Å²) in [5.74, 6) is -0.0554. The van der Waals surface area contributed by atoms with Gasteiger partial charge in [0.15, 0.2) is 0 Å². The molecule has 1 aromatic carbocycles. The zero-order valence-electron chi connectivity index (χ0n) is 13.1. The van der Waals surface area contributed by atoms with E-state index < -0.39 is 5.97 Å². The highest BCUT2D eigenvalue weighted by atomic mass is 32.2. The molecule has 2 heterocycles. The topological polar surface area (TPSA) is 70.5 Å². The van der Waals surface area contributed by atoms with Gasteiger partial charge in [-0.3, -0.25) is 9.78 Å². The number of amides is 1. The van der Waals surface area contributed by atoms with Gasteiger partial charge in [0.05, 0.1) is 5.56 Å². The van der Waals surface area contributed by atoms with Gasteiger partial charge in [0.2, 0.25) is 0 Å². The summed E-state index contributed by atoms with van der Waals surface area (Å²) >= 11 is 1.79. The number of rotatable bonds is 5. The van der Waals surface area contributed by atoms with Gasteiger partial charge in [0.25, 0.3) is 5.91 Å². The second-order valence-electron chi connectivity index (χ2n) is 5.73. The molecule has 1 unspecified atom stereocenters. The number of likely N-dealkylation sites (tertiary alicyclic amines) is 1. The number of carboxylic acid groups (broad SMARTS) is 1. The van der Waals surface area contributed by atoms with Gasteiger partial charge in [-0.15, -0.1) is 11.8 Å². The number of carboxylic acids is 1. The van der Waals surface area contributed by atoms with Crippen molar-refractivity contribution in [2.75, 3.05) is 18.8 Å². The molecule has 124 valence electrons. The van der Waals surface area contributed by atoms with E-state index in [0.717, 1.165) is 12.2 Å². The molecule has 0 aliphatic carbocycles. The fourth-order valence-corrected chi connectivity index (χ4v) is 3.83. The van der Waals surface area contributed by atoms with Crippen molar-refractivity contribution < 1.29 is 14.7 Å². The molecule has 1 atom stereocenters. The molecular formula is C18H18N2O3S. The maximum absolute atomic E-state index is 12.6. The summed E-state index contributed by atoms with van der Waals surface area (Å²) in [5, 5.41) is 9.21. The van der Waals surface area contributed by atoms with Gasteiger partial charge in [-0.2, -0.15) is 0 Å². The Balaban J connectivity index is 1.61. The van der Waals surface area contributed by atoms with Crippen LogP contribution >= 0.6 is 11.8 Å². The first-order valence-electron chi connectivity index (χ1n) is 7.80. The molecule has 1 aliphatic rings. The molecular weight excluding hydrogens is 324 g/mol. The van der Waals surface area contributed by atoms with Crippen LogP contribution in [-0.2, 0) is 0 Å². The molecule has 3 rings (SSSR count). The summed E-state index contributed by atoms with van der Waals surface area (Å²) in [7, 11) is 0. The number of hydrogen-bond acceptors (Lipinski definition) is 4. The number of pyridine rings is 1. The van der Waals surface area contributed by atoms with Gasteiger partial charge in [-0.25, -0.2) is 4.79 Å². The number of carbonyl (C=O) groups is 2. The van der Waals surface area contributed by atoms with Crippen molar-refractivity contribution in [3.8, 4) is 0 Å². The predicted octanol–water partition coefficient (Wildman–Crippen LogP) is 3.03. The Bertz CT molecular complexity index is 736. The van der Waals surface area contributed by atoms with E-state index in [4.69, 9.17) is 0 Å². The number of nitrogens with zero attached hydrogens (tertiary/aromatic N) is 2. The molecule has 24 heavy (non-hydrogen) atoms. The lowest BCUT2D eigenvalue weighted by Gasteiger charge is -2.17. The Morgan fingerprint density at radius 2 is 2.00 bits per heavy atom. The Hall–Kier alpha value is -2.34. The summed E-state index contributed by atoms with van der Waals surface area (Å²) in [6.07, 6.45) is 2.39. The average Bonchev–Trinajstić information content (AvgIpc) is 3.09. The molecule has 2 aromatic rings. The summed E-state index contributed by atoms with van der Waals surface area (Å²) < 4.78 is 0. The highest BCUT2D eigenvalue weighted by Crippen LogP contribution is 2.26. The summed E-state index contributed by atoms with van der Waals surface area (Å²) in [6.45, 7) is 1.29. The smallest absolute Gasteiger partial charge is 0.338 e. The minimum absolute atomic E-state index is 0.0290. The number of carbonyl (C=O) groups excluding carboxylic acids is 1. The predicted molar refractivity (Wildman–Crippen MR) is 92.4 cm³/mol. The zero-order valence-corrected chi connectivity index (χ0v) is 13.9. The van der Waals surface area contributed by atoms with Crippen LogP contribution in [0.2, 0.25) is 0 Å². The zero-order chi connectivity index (χ0) is 16.9. The molecule has 5 nitrogen and oxygen atoms in total. The van der Waals surface area contributed by atoms with Crippen molar-refractivity contribution in [1.29, 1.82) is 0 Å². The van der Waals surface area contributed by atoms with Crippen molar-refractivity contribution >= 4 is 23.6 Å². The van der Waals surface area contributed by atoms with Gasteiger partial charge in [-0.05, 0) is 36.6 Å². The molecule has 0 spiro atoms. The van der Waals surface area contributed by atoms with Crippen molar-refractivity contribution in [3.05, 3.63) is 59.9 Å². The van der Waals surface area contributed by atoms with Gasteiger partial charge >= 0.3 is 5.97 Å². The number of aromatic nitrogens is 1. The van der Waals surface area contributed by atoms with Crippen molar-refractivity contribution in [1.82, 2.24) is 9.88 Å². The first kappa shape index (κ1) is 16.5. The lowest BCUT2D eigenvalue weighted by molar-refractivity contribution is 0.0678. The molecule has 1 amide bonds. The van der Waals surface area contributed by atoms with Crippen molar-refractivity contribution in [3.63, 3.8) is 0 Å². The van der Waals surface area contributed by atoms with Crippen LogP contribution in [0.25, 0.3) is 0 Å². The van der Waals surface area contributed by atoms with Crippen molar-refractivity contribution in [2.24, 2.45) is 5.92 Å². The van der Waals surface area contributed by atoms with Crippen molar-refractivity contribution in [2.45, 2.75) is 11.3 Å². The van der Waals surface area contributed by atoms with Gasteiger partial charge < -0.3 is 10.0 Å². The number of hydrogen-bond donors (Lipinski definition) is 1. The Kier molecular flexibility index (Phi) is 5.15. The maximum atomic E-state index is 12.6. The SMILES string of the molecule is O=C(O)c1cccnc1C(=O)N1CCC(CSc2ccccc2)C1. The van der Waals surface area contributed by atoms with Crippen LogP contribution < -0.4 is 0 Å². The molecule has 1 aliphatic heterocycles. The minimum atomic E-state index is -1.12. The third kappa shape index (κ3) is 3.76. The number of benzene rings is 1. The normalized spacial score (nSPS) is 17.0. The largest absolute Gasteiger partial charge is 0.478 e. The third-order valence-electron chi connectivity index (χ3n) is 4.04.